The van der Waals surface area contributed by atoms with Crippen molar-refractivity contribution in [3.05, 3.63) is 70.0 Å². The van der Waals surface area contributed by atoms with E-state index in [9.17, 15) is 9.90 Å². The van der Waals surface area contributed by atoms with Crippen molar-refractivity contribution in [1.29, 1.82) is 0 Å². The molecular formula is C26H32O4. The molecule has 1 N–H and O–H groups in total. The minimum atomic E-state index is -0.408. The van der Waals surface area contributed by atoms with Gasteiger partial charge in [0.15, 0.2) is 0 Å². The molecule has 2 aromatic carbocycles. The lowest BCUT2D eigenvalue weighted by molar-refractivity contribution is -0.136. The molecule has 1 unspecified atom stereocenters. The first-order valence-corrected chi connectivity index (χ1v) is 10.3. The van der Waals surface area contributed by atoms with Gasteiger partial charge in [-0.25, -0.2) is 4.79 Å². The number of phenolic OH excluding ortho intramolecular Hbond substituents is 1. The van der Waals surface area contributed by atoms with Gasteiger partial charge in [-0.05, 0) is 40.5 Å². The second-order valence-corrected chi connectivity index (χ2v) is 10.00. The third kappa shape index (κ3) is 3.83. The lowest BCUT2D eigenvalue weighted by atomic mass is 9.74. The fourth-order valence-corrected chi connectivity index (χ4v) is 4.08. The molecule has 0 saturated heterocycles. The van der Waals surface area contributed by atoms with E-state index in [1.165, 1.54) is 7.11 Å². The van der Waals surface area contributed by atoms with Gasteiger partial charge in [-0.3, -0.25) is 0 Å². The molecule has 0 fully saturated rings. The van der Waals surface area contributed by atoms with E-state index in [1.54, 1.807) is 6.92 Å². The van der Waals surface area contributed by atoms with Gasteiger partial charge >= 0.3 is 5.97 Å². The highest BCUT2D eigenvalue weighted by atomic mass is 16.5. The summed E-state index contributed by atoms with van der Waals surface area (Å²) < 4.78 is 11.1. The molecule has 2 aromatic rings. The van der Waals surface area contributed by atoms with Crippen LogP contribution in [0.5, 0.6) is 11.5 Å². The number of hydrogen-bond acceptors (Lipinski definition) is 4. The number of phenols is 1. The Balaban J connectivity index is 2.38. The molecule has 0 aromatic heterocycles. The number of benzene rings is 2. The third-order valence-electron chi connectivity index (χ3n) is 5.65. The van der Waals surface area contributed by atoms with Gasteiger partial charge < -0.3 is 14.6 Å². The topological polar surface area (TPSA) is 55.8 Å². The molecule has 1 aliphatic heterocycles. The van der Waals surface area contributed by atoms with Crippen LogP contribution in [0, 0.1) is 0 Å². The maximum absolute atomic E-state index is 12.8. The molecule has 0 radical (unpaired) electrons. The smallest absolute Gasteiger partial charge is 0.338 e. The molecule has 1 atom stereocenters. The first-order valence-electron chi connectivity index (χ1n) is 10.3. The van der Waals surface area contributed by atoms with Crippen molar-refractivity contribution in [2.75, 3.05) is 7.11 Å². The van der Waals surface area contributed by atoms with E-state index in [4.69, 9.17) is 9.47 Å². The summed E-state index contributed by atoms with van der Waals surface area (Å²) in [6.07, 6.45) is 0. The molecule has 0 bridgehead atoms. The van der Waals surface area contributed by atoms with Crippen molar-refractivity contribution >= 4 is 5.97 Å². The van der Waals surface area contributed by atoms with E-state index in [2.05, 4.69) is 41.5 Å². The van der Waals surface area contributed by atoms with Gasteiger partial charge in [-0.1, -0.05) is 71.9 Å². The van der Waals surface area contributed by atoms with Crippen LogP contribution < -0.4 is 4.74 Å². The molecule has 1 aliphatic rings. The van der Waals surface area contributed by atoms with Crippen molar-refractivity contribution in [3.8, 4) is 11.5 Å². The van der Waals surface area contributed by atoms with Gasteiger partial charge in [0.2, 0.25) is 0 Å². The molecule has 0 amide bonds. The highest BCUT2D eigenvalue weighted by Crippen LogP contribution is 2.47. The lowest BCUT2D eigenvalue weighted by Gasteiger charge is -2.32. The van der Waals surface area contributed by atoms with Crippen LogP contribution in [0.4, 0.5) is 0 Å². The monoisotopic (exact) mass is 408 g/mol. The van der Waals surface area contributed by atoms with Crippen molar-refractivity contribution < 1.29 is 19.4 Å². The standard InChI is InChI=1S/C26H32O4/c1-15-21(24(28)29-8)22(17-11-9-10-12-20(17)30-15)16-13-18(25(2,3)4)23(27)19(14-16)26(5,6)7/h9-14,22,27H,1-8H3. The number of carbonyl (C=O) groups is 1. The van der Waals surface area contributed by atoms with Crippen LogP contribution in [0.3, 0.4) is 0 Å². The van der Waals surface area contributed by atoms with Crippen LogP contribution in [0.25, 0.3) is 0 Å². The Kier molecular flexibility index (Phi) is 5.48. The average Bonchev–Trinajstić information content (AvgIpc) is 2.64. The predicted octanol–water partition coefficient (Wildman–Crippen LogP) is 5.96. The van der Waals surface area contributed by atoms with Gasteiger partial charge in [0.1, 0.15) is 17.3 Å². The number of para-hydroxylation sites is 1. The molecular weight excluding hydrogens is 376 g/mol. The Labute approximate surface area is 179 Å². The van der Waals surface area contributed by atoms with E-state index in [-0.39, 0.29) is 16.7 Å². The Bertz CT molecular complexity index is 981. The van der Waals surface area contributed by atoms with Gasteiger partial charge in [0, 0.05) is 11.5 Å². The van der Waals surface area contributed by atoms with Crippen molar-refractivity contribution in [2.45, 2.75) is 65.2 Å². The number of ether oxygens (including phenoxy) is 2. The number of aromatic hydroxyl groups is 1. The summed E-state index contributed by atoms with van der Waals surface area (Å²) in [6, 6.07) is 11.8. The lowest BCUT2D eigenvalue weighted by Crippen LogP contribution is -2.24. The molecule has 0 saturated carbocycles. The van der Waals surface area contributed by atoms with E-state index in [0.717, 1.165) is 28.0 Å². The number of hydrogen-bond donors (Lipinski definition) is 1. The molecule has 4 nitrogen and oxygen atoms in total. The quantitative estimate of drug-likeness (QED) is 0.623. The fraction of sp³-hybridized carbons (Fsp3) is 0.423. The zero-order valence-corrected chi connectivity index (χ0v) is 19.2. The van der Waals surface area contributed by atoms with Crippen molar-refractivity contribution in [1.82, 2.24) is 0 Å². The number of rotatable bonds is 2. The minimum Gasteiger partial charge on any atom is -0.507 e. The highest BCUT2D eigenvalue weighted by molar-refractivity contribution is 5.92. The SMILES string of the molecule is COC(=O)C1=C(C)Oc2ccccc2C1c1cc(C(C)(C)C)c(O)c(C(C)(C)C)c1. The first kappa shape index (κ1) is 21.9. The van der Waals surface area contributed by atoms with E-state index in [0.29, 0.717) is 17.1 Å². The van der Waals surface area contributed by atoms with E-state index < -0.39 is 5.97 Å². The molecule has 3 rings (SSSR count). The van der Waals surface area contributed by atoms with E-state index >= 15 is 0 Å². The summed E-state index contributed by atoms with van der Waals surface area (Å²) in [5.41, 5.74) is 3.52. The second-order valence-electron chi connectivity index (χ2n) is 10.00. The maximum atomic E-state index is 12.8. The zero-order valence-electron chi connectivity index (χ0n) is 19.2. The number of fused-ring (bicyclic) bond motifs is 1. The molecule has 0 spiro atoms. The zero-order chi connectivity index (χ0) is 22.4. The van der Waals surface area contributed by atoms with E-state index in [1.807, 2.05) is 36.4 Å². The number of allylic oxidation sites excluding steroid dienone is 1. The van der Waals surface area contributed by atoms with Crippen LogP contribution in [-0.4, -0.2) is 18.2 Å². The third-order valence-corrected chi connectivity index (χ3v) is 5.65. The summed E-state index contributed by atoms with van der Waals surface area (Å²) in [5.74, 6) is 0.836. The number of carbonyl (C=O) groups excluding carboxylic acids is 1. The van der Waals surface area contributed by atoms with Crippen LogP contribution in [0.2, 0.25) is 0 Å². The van der Waals surface area contributed by atoms with Crippen LogP contribution >= 0.6 is 0 Å². The van der Waals surface area contributed by atoms with Crippen molar-refractivity contribution in [3.63, 3.8) is 0 Å². The van der Waals surface area contributed by atoms with Gasteiger partial charge in [0.25, 0.3) is 0 Å². The first-order chi connectivity index (χ1) is 13.9. The normalized spacial score (nSPS) is 16.7. The Morgan fingerprint density at radius 3 is 2.03 bits per heavy atom. The van der Waals surface area contributed by atoms with Crippen molar-refractivity contribution in [2.24, 2.45) is 0 Å². The van der Waals surface area contributed by atoms with Gasteiger partial charge in [-0.15, -0.1) is 0 Å². The molecule has 4 heteroatoms. The summed E-state index contributed by atoms with van der Waals surface area (Å²) in [7, 11) is 1.39. The Hall–Kier alpha value is -2.75. The molecule has 30 heavy (non-hydrogen) atoms. The van der Waals surface area contributed by atoms with Crippen LogP contribution in [-0.2, 0) is 20.4 Å². The maximum Gasteiger partial charge on any atom is 0.338 e. The molecule has 160 valence electrons. The second kappa shape index (κ2) is 7.50. The summed E-state index contributed by atoms with van der Waals surface area (Å²) in [4.78, 5) is 12.8. The van der Waals surface area contributed by atoms with Gasteiger partial charge in [0.05, 0.1) is 12.7 Å². The highest BCUT2D eigenvalue weighted by Gasteiger charge is 2.36. The molecule has 0 aliphatic carbocycles. The fourth-order valence-electron chi connectivity index (χ4n) is 4.08. The number of methoxy groups -OCH3 is 1. The number of esters is 1. The van der Waals surface area contributed by atoms with Gasteiger partial charge in [-0.2, -0.15) is 0 Å². The minimum absolute atomic E-state index is 0.269. The van der Waals surface area contributed by atoms with Crippen LogP contribution in [0.15, 0.2) is 47.7 Å². The average molecular weight is 409 g/mol. The summed E-state index contributed by atoms with van der Waals surface area (Å²) in [5, 5.41) is 11.1. The largest absolute Gasteiger partial charge is 0.507 e. The predicted molar refractivity (Wildman–Crippen MR) is 119 cm³/mol. The summed E-state index contributed by atoms with van der Waals surface area (Å²) >= 11 is 0. The molecule has 1 heterocycles. The Morgan fingerprint density at radius 1 is 1.00 bits per heavy atom. The summed E-state index contributed by atoms with van der Waals surface area (Å²) in [6.45, 7) is 14.3. The Morgan fingerprint density at radius 2 is 1.53 bits per heavy atom. The van der Waals surface area contributed by atoms with Crippen LogP contribution in [0.1, 0.15) is 76.6 Å².